The van der Waals surface area contributed by atoms with Gasteiger partial charge in [0.1, 0.15) is 12.3 Å². The van der Waals surface area contributed by atoms with Gasteiger partial charge in [-0.1, -0.05) is 0 Å². The summed E-state index contributed by atoms with van der Waals surface area (Å²) in [5.74, 6) is 0.0143. The number of hydrogen-bond acceptors (Lipinski definition) is 3. The van der Waals surface area contributed by atoms with Gasteiger partial charge in [-0.15, -0.1) is 37.1 Å². The van der Waals surface area contributed by atoms with Crippen molar-refractivity contribution in [2.75, 3.05) is 18.4 Å². The summed E-state index contributed by atoms with van der Waals surface area (Å²) < 4.78 is 39.8. The van der Waals surface area contributed by atoms with Crippen LogP contribution < -0.4 is 21.1 Å². The fourth-order valence-corrected chi connectivity index (χ4v) is 1.72. The largest absolute Gasteiger partial charge is 0.573 e. The second-order valence-corrected chi connectivity index (χ2v) is 5.15. The lowest BCUT2D eigenvalue weighted by Crippen LogP contribution is -2.30. The lowest BCUT2D eigenvalue weighted by Gasteiger charge is -2.10. The van der Waals surface area contributed by atoms with Crippen LogP contribution in [0, 0.1) is 5.92 Å². The molecule has 0 heterocycles. The predicted octanol–water partition coefficient (Wildman–Crippen LogP) is 2.46. The minimum Gasteiger partial charge on any atom is -0.406 e. The fourth-order valence-electron chi connectivity index (χ4n) is 1.72. The Morgan fingerprint density at radius 3 is 2.46 bits per heavy atom. The van der Waals surface area contributed by atoms with E-state index in [2.05, 4.69) is 20.4 Å². The Balaban J connectivity index is 0.00000288. The van der Waals surface area contributed by atoms with Gasteiger partial charge in [-0.2, -0.15) is 0 Å². The Labute approximate surface area is 154 Å². The Kier molecular flexibility index (Phi) is 7.58. The highest BCUT2D eigenvalue weighted by Gasteiger charge is 2.30. The average Bonchev–Trinajstić information content (AvgIpc) is 3.28. The van der Waals surface area contributed by atoms with E-state index in [0.29, 0.717) is 18.2 Å². The van der Waals surface area contributed by atoms with Gasteiger partial charge in [-0.25, -0.2) is 4.99 Å². The SMILES string of the molecule is I.NC(=NCC(=O)NCC1CC1)Nc1ccc(OC(F)(F)F)cc1. The van der Waals surface area contributed by atoms with Crippen molar-refractivity contribution in [2.24, 2.45) is 16.6 Å². The van der Waals surface area contributed by atoms with Crippen LogP contribution in [0.3, 0.4) is 0 Å². The molecule has 0 atom stereocenters. The fraction of sp³-hybridized carbons (Fsp3) is 0.429. The minimum absolute atomic E-state index is 0. The zero-order valence-electron chi connectivity index (χ0n) is 12.6. The van der Waals surface area contributed by atoms with Gasteiger partial charge in [0.2, 0.25) is 5.91 Å². The summed E-state index contributed by atoms with van der Waals surface area (Å²) >= 11 is 0. The van der Waals surface area contributed by atoms with Crippen molar-refractivity contribution in [3.63, 3.8) is 0 Å². The van der Waals surface area contributed by atoms with E-state index in [1.54, 1.807) is 0 Å². The maximum Gasteiger partial charge on any atom is 0.573 e. The number of hydrogen-bond donors (Lipinski definition) is 3. The molecule has 1 aromatic rings. The first-order chi connectivity index (χ1) is 10.8. The third-order valence-corrected chi connectivity index (χ3v) is 3.04. The molecule has 10 heteroatoms. The molecular formula is C14H18F3IN4O2. The van der Waals surface area contributed by atoms with Crippen LogP contribution in [0.1, 0.15) is 12.8 Å². The van der Waals surface area contributed by atoms with E-state index in [4.69, 9.17) is 5.73 Å². The van der Waals surface area contributed by atoms with E-state index in [1.807, 2.05) is 0 Å². The lowest BCUT2D eigenvalue weighted by molar-refractivity contribution is -0.274. The monoisotopic (exact) mass is 458 g/mol. The first-order valence-electron chi connectivity index (χ1n) is 7.01. The summed E-state index contributed by atoms with van der Waals surface area (Å²) in [4.78, 5) is 15.3. The highest BCUT2D eigenvalue weighted by molar-refractivity contribution is 14.0. The second kappa shape index (κ2) is 8.94. The van der Waals surface area contributed by atoms with E-state index in [9.17, 15) is 18.0 Å². The number of nitrogens with one attached hydrogen (secondary N) is 2. The van der Waals surface area contributed by atoms with E-state index < -0.39 is 6.36 Å². The summed E-state index contributed by atoms with van der Waals surface area (Å²) in [6, 6.07) is 5.00. The number of rotatable bonds is 6. The molecule has 2 rings (SSSR count). The van der Waals surface area contributed by atoms with Crippen molar-refractivity contribution in [1.29, 1.82) is 0 Å². The standard InChI is InChI=1S/C14H17F3N4O2.HI/c15-14(16,17)23-11-5-3-10(4-6-11)21-13(18)20-8-12(22)19-7-9-1-2-9;/h3-6,9H,1-2,7-8H2,(H,19,22)(H3,18,20,21);1H. The number of nitrogens with zero attached hydrogens (tertiary/aromatic N) is 1. The number of guanidine groups is 1. The van der Waals surface area contributed by atoms with E-state index >= 15 is 0 Å². The first kappa shape index (κ1) is 20.3. The van der Waals surface area contributed by atoms with E-state index in [-0.39, 0.29) is 48.1 Å². The van der Waals surface area contributed by atoms with E-state index in [0.717, 1.165) is 25.0 Å². The van der Waals surface area contributed by atoms with Crippen LogP contribution in [0.5, 0.6) is 5.75 Å². The molecule has 1 amide bonds. The summed E-state index contributed by atoms with van der Waals surface area (Å²) in [7, 11) is 0. The van der Waals surface area contributed by atoms with Crippen LogP contribution in [-0.4, -0.2) is 31.3 Å². The van der Waals surface area contributed by atoms with Crippen molar-refractivity contribution < 1.29 is 22.7 Å². The Bertz CT molecular complexity index is 574. The number of halogens is 4. The molecule has 0 aromatic heterocycles. The molecule has 24 heavy (non-hydrogen) atoms. The smallest absolute Gasteiger partial charge is 0.406 e. The van der Waals surface area contributed by atoms with Gasteiger partial charge in [0.15, 0.2) is 5.96 Å². The number of amides is 1. The van der Waals surface area contributed by atoms with Gasteiger partial charge in [0.25, 0.3) is 0 Å². The van der Waals surface area contributed by atoms with Crippen LogP contribution in [0.2, 0.25) is 0 Å². The molecule has 1 aliphatic rings. The van der Waals surface area contributed by atoms with Crippen molar-refractivity contribution in [1.82, 2.24) is 5.32 Å². The molecule has 0 saturated heterocycles. The maximum atomic E-state index is 12.0. The van der Waals surface area contributed by atoms with Crippen molar-refractivity contribution in [2.45, 2.75) is 19.2 Å². The van der Waals surface area contributed by atoms with Gasteiger partial charge in [0, 0.05) is 12.2 Å². The van der Waals surface area contributed by atoms with Crippen LogP contribution in [0.15, 0.2) is 29.3 Å². The molecule has 4 N–H and O–H groups in total. The Morgan fingerprint density at radius 2 is 1.92 bits per heavy atom. The molecule has 0 unspecified atom stereocenters. The third-order valence-electron chi connectivity index (χ3n) is 3.04. The van der Waals surface area contributed by atoms with Gasteiger partial charge in [-0.3, -0.25) is 4.79 Å². The van der Waals surface area contributed by atoms with Crippen LogP contribution in [0.25, 0.3) is 0 Å². The number of ether oxygens (including phenoxy) is 1. The molecule has 0 aliphatic heterocycles. The van der Waals surface area contributed by atoms with Gasteiger partial charge < -0.3 is 21.1 Å². The highest BCUT2D eigenvalue weighted by atomic mass is 127. The van der Waals surface area contributed by atoms with Crippen molar-refractivity contribution in [3.8, 4) is 5.75 Å². The maximum absolute atomic E-state index is 12.0. The molecular weight excluding hydrogens is 440 g/mol. The normalized spacial score (nSPS) is 14.5. The summed E-state index contributed by atoms with van der Waals surface area (Å²) in [5, 5.41) is 5.42. The number of alkyl halides is 3. The number of nitrogens with two attached hydrogens (primary N) is 1. The quantitative estimate of drug-likeness (QED) is 0.347. The molecule has 134 valence electrons. The van der Waals surface area contributed by atoms with Gasteiger partial charge in [-0.05, 0) is 43.0 Å². The second-order valence-electron chi connectivity index (χ2n) is 5.15. The molecule has 1 fully saturated rings. The molecule has 0 spiro atoms. The van der Waals surface area contributed by atoms with Crippen LogP contribution in [0.4, 0.5) is 18.9 Å². The van der Waals surface area contributed by atoms with Crippen LogP contribution in [-0.2, 0) is 4.79 Å². The number of carbonyl (C=O) groups is 1. The van der Waals surface area contributed by atoms with Crippen molar-refractivity contribution in [3.05, 3.63) is 24.3 Å². The summed E-state index contributed by atoms with van der Waals surface area (Å²) in [6.07, 6.45) is -2.45. The first-order valence-corrected chi connectivity index (χ1v) is 7.01. The number of carbonyl (C=O) groups excluding carboxylic acids is 1. The minimum atomic E-state index is -4.73. The lowest BCUT2D eigenvalue weighted by atomic mass is 10.3. The zero-order valence-corrected chi connectivity index (χ0v) is 14.9. The van der Waals surface area contributed by atoms with Crippen LogP contribution >= 0.6 is 24.0 Å². The third kappa shape index (κ3) is 8.22. The molecule has 1 aromatic carbocycles. The van der Waals surface area contributed by atoms with Gasteiger partial charge >= 0.3 is 6.36 Å². The van der Waals surface area contributed by atoms with Gasteiger partial charge in [0.05, 0.1) is 0 Å². The number of anilines is 1. The summed E-state index contributed by atoms with van der Waals surface area (Å²) in [5.41, 5.74) is 6.04. The highest BCUT2D eigenvalue weighted by Crippen LogP contribution is 2.27. The number of aliphatic imine (C=N–C) groups is 1. The number of benzene rings is 1. The Morgan fingerprint density at radius 1 is 1.29 bits per heavy atom. The Hall–Kier alpha value is -1.72. The topological polar surface area (TPSA) is 88.7 Å². The molecule has 0 radical (unpaired) electrons. The predicted molar refractivity (Wildman–Crippen MR) is 94.4 cm³/mol. The summed E-state index contributed by atoms with van der Waals surface area (Å²) in [6.45, 7) is 0.545. The molecule has 1 saturated carbocycles. The molecule has 0 bridgehead atoms. The molecule has 1 aliphatic carbocycles. The molecule has 6 nitrogen and oxygen atoms in total. The van der Waals surface area contributed by atoms with Crippen molar-refractivity contribution >= 4 is 41.5 Å². The zero-order chi connectivity index (χ0) is 16.9. The average molecular weight is 458 g/mol. The van der Waals surface area contributed by atoms with E-state index in [1.165, 1.54) is 12.1 Å².